The Balaban J connectivity index is 1.70. The van der Waals surface area contributed by atoms with Crippen molar-refractivity contribution in [1.82, 2.24) is 9.97 Å². The monoisotopic (exact) mass is 368 g/mol. The minimum atomic E-state index is -0.235. The summed E-state index contributed by atoms with van der Waals surface area (Å²) in [6.45, 7) is 7.09. The van der Waals surface area contributed by atoms with Gasteiger partial charge < -0.3 is 15.0 Å². The van der Waals surface area contributed by atoms with Gasteiger partial charge in [-0.1, -0.05) is 6.92 Å². The quantitative estimate of drug-likeness (QED) is 0.824. The molecule has 1 aromatic carbocycles. The number of amides is 1. The van der Waals surface area contributed by atoms with Crippen molar-refractivity contribution in [1.29, 1.82) is 0 Å². The highest BCUT2D eigenvalue weighted by atomic mass is 16.5. The average Bonchev–Trinajstić information content (AvgIpc) is 2.69. The lowest BCUT2D eigenvalue weighted by atomic mass is 10.0. The Bertz CT molecular complexity index is 761. The molecule has 144 valence electrons. The first-order valence-electron chi connectivity index (χ1n) is 9.74. The van der Waals surface area contributed by atoms with E-state index in [4.69, 9.17) is 4.74 Å². The molecule has 0 bridgehead atoms. The van der Waals surface area contributed by atoms with Gasteiger partial charge in [-0.3, -0.25) is 4.79 Å². The average molecular weight is 368 g/mol. The van der Waals surface area contributed by atoms with Gasteiger partial charge in [0.2, 0.25) is 5.95 Å². The maximum Gasteiger partial charge on any atom is 0.274 e. The second-order valence-electron chi connectivity index (χ2n) is 7.14. The van der Waals surface area contributed by atoms with Crippen LogP contribution in [0.2, 0.25) is 0 Å². The van der Waals surface area contributed by atoms with Gasteiger partial charge in [0.25, 0.3) is 5.91 Å². The Kier molecular flexibility index (Phi) is 6.27. The summed E-state index contributed by atoms with van der Waals surface area (Å²) in [5.74, 6) is 1.19. The van der Waals surface area contributed by atoms with Gasteiger partial charge in [-0.2, -0.15) is 0 Å². The second-order valence-corrected chi connectivity index (χ2v) is 7.14. The number of rotatable bonds is 6. The highest BCUT2D eigenvalue weighted by molar-refractivity contribution is 6.03. The van der Waals surface area contributed by atoms with Crippen molar-refractivity contribution < 1.29 is 9.53 Å². The van der Waals surface area contributed by atoms with Gasteiger partial charge in [0, 0.05) is 24.5 Å². The van der Waals surface area contributed by atoms with Crippen molar-refractivity contribution in [3.05, 3.63) is 42.2 Å². The van der Waals surface area contributed by atoms with Gasteiger partial charge in [0.05, 0.1) is 6.10 Å². The molecule has 1 atom stereocenters. The van der Waals surface area contributed by atoms with Gasteiger partial charge in [-0.05, 0) is 69.9 Å². The van der Waals surface area contributed by atoms with Crippen molar-refractivity contribution in [2.24, 2.45) is 0 Å². The van der Waals surface area contributed by atoms with Crippen LogP contribution >= 0.6 is 0 Å². The first-order chi connectivity index (χ1) is 13.1. The predicted molar refractivity (Wildman–Crippen MR) is 107 cm³/mol. The number of benzene rings is 1. The summed E-state index contributed by atoms with van der Waals surface area (Å²) in [6.07, 6.45) is 6.38. The molecule has 0 aliphatic carbocycles. The van der Waals surface area contributed by atoms with Crippen LogP contribution in [-0.2, 0) is 0 Å². The smallest absolute Gasteiger partial charge is 0.274 e. The number of carbonyl (C=O) groups excluding carboxylic acids is 1. The lowest BCUT2D eigenvalue weighted by Gasteiger charge is -2.35. The molecule has 1 aromatic heterocycles. The van der Waals surface area contributed by atoms with Crippen LogP contribution < -0.4 is 15.0 Å². The Labute approximate surface area is 161 Å². The number of carbonyl (C=O) groups is 1. The zero-order valence-electron chi connectivity index (χ0n) is 16.3. The first-order valence-corrected chi connectivity index (χ1v) is 9.74. The predicted octanol–water partition coefficient (Wildman–Crippen LogP) is 4.29. The Morgan fingerprint density at radius 1 is 1.26 bits per heavy atom. The number of aromatic nitrogens is 2. The summed E-state index contributed by atoms with van der Waals surface area (Å²) in [5.41, 5.74) is 1.09. The number of hydrogen-bond donors (Lipinski definition) is 1. The van der Waals surface area contributed by atoms with Crippen LogP contribution in [0.3, 0.4) is 0 Å². The summed E-state index contributed by atoms with van der Waals surface area (Å²) >= 11 is 0. The van der Waals surface area contributed by atoms with Crippen LogP contribution in [-0.4, -0.2) is 34.6 Å². The minimum Gasteiger partial charge on any atom is -0.491 e. The topological polar surface area (TPSA) is 67.4 Å². The van der Waals surface area contributed by atoms with Crippen LogP contribution in [0.1, 0.15) is 56.9 Å². The summed E-state index contributed by atoms with van der Waals surface area (Å²) < 4.78 is 5.62. The van der Waals surface area contributed by atoms with Crippen LogP contribution in [0, 0.1) is 0 Å². The molecule has 0 radical (unpaired) electrons. The molecule has 6 nitrogen and oxygen atoms in total. The third-order valence-electron chi connectivity index (χ3n) is 4.71. The van der Waals surface area contributed by atoms with Crippen molar-refractivity contribution in [3.8, 4) is 5.75 Å². The molecule has 0 saturated carbocycles. The fraction of sp³-hybridized carbons (Fsp3) is 0.476. The summed E-state index contributed by atoms with van der Waals surface area (Å²) in [5, 5.41) is 2.89. The van der Waals surface area contributed by atoms with Crippen molar-refractivity contribution in [3.63, 3.8) is 0 Å². The molecule has 1 unspecified atom stereocenters. The van der Waals surface area contributed by atoms with E-state index in [-0.39, 0.29) is 12.0 Å². The van der Waals surface area contributed by atoms with E-state index in [9.17, 15) is 4.79 Å². The maximum absolute atomic E-state index is 12.6. The molecule has 1 N–H and O–H groups in total. The van der Waals surface area contributed by atoms with E-state index >= 15 is 0 Å². The van der Waals surface area contributed by atoms with Gasteiger partial charge in [0.1, 0.15) is 11.4 Å². The minimum absolute atomic E-state index is 0.117. The highest BCUT2D eigenvalue weighted by Gasteiger charge is 2.23. The zero-order valence-corrected chi connectivity index (χ0v) is 16.3. The van der Waals surface area contributed by atoms with Crippen LogP contribution in [0.4, 0.5) is 11.6 Å². The molecule has 2 aromatic rings. The van der Waals surface area contributed by atoms with E-state index in [0.717, 1.165) is 31.6 Å². The number of ether oxygens (including phenoxy) is 1. The second kappa shape index (κ2) is 8.84. The number of hydrogen-bond acceptors (Lipinski definition) is 5. The molecule has 1 aliphatic rings. The normalized spacial score (nSPS) is 17.0. The van der Waals surface area contributed by atoms with Gasteiger partial charge >= 0.3 is 0 Å². The standard InChI is InChI=1S/C21H28N4O2/c1-4-17-7-5-6-14-25(17)21-22-13-12-19(24-21)20(26)23-16-8-10-18(11-9-16)27-15(2)3/h8-13,15,17H,4-7,14H2,1-3H3,(H,23,26). The number of piperidine rings is 1. The van der Waals surface area contributed by atoms with Crippen molar-refractivity contribution in [2.75, 3.05) is 16.8 Å². The van der Waals surface area contributed by atoms with Gasteiger partial charge in [-0.25, -0.2) is 9.97 Å². The number of anilines is 2. The van der Waals surface area contributed by atoms with E-state index in [1.165, 1.54) is 6.42 Å². The number of nitrogens with one attached hydrogen (secondary N) is 1. The molecule has 1 fully saturated rings. The van der Waals surface area contributed by atoms with Crippen LogP contribution in [0.25, 0.3) is 0 Å². The fourth-order valence-electron chi connectivity index (χ4n) is 3.39. The Morgan fingerprint density at radius 2 is 2.04 bits per heavy atom. The third-order valence-corrected chi connectivity index (χ3v) is 4.71. The first kappa shape index (κ1) is 19.1. The fourth-order valence-corrected chi connectivity index (χ4v) is 3.39. The van der Waals surface area contributed by atoms with Gasteiger partial charge in [-0.15, -0.1) is 0 Å². The molecule has 27 heavy (non-hydrogen) atoms. The van der Waals surface area contributed by atoms with Crippen molar-refractivity contribution >= 4 is 17.5 Å². The zero-order chi connectivity index (χ0) is 19.2. The van der Waals surface area contributed by atoms with E-state index in [1.807, 2.05) is 38.1 Å². The highest BCUT2D eigenvalue weighted by Crippen LogP contribution is 2.24. The Morgan fingerprint density at radius 3 is 2.74 bits per heavy atom. The Hall–Kier alpha value is -2.63. The molecule has 6 heteroatoms. The largest absolute Gasteiger partial charge is 0.491 e. The molecule has 0 spiro atoms. The maximum atomic E-state index is 12.6. The summed E-state index contributed by atoms with van der Waals surface area (Å²) in [7, 11) is 0. The van der Waals surface area contributed by atoms with E-state index in [2.05, 4.69) is 27.1 Å². The summed E-state index contributed by atoms with van der Waals surface area (Å²) in [6, 6.07) is 9.46. The van der Waals surface area contributed by atoms with Crippen LogP contribution in [0.5, 0.6) is 5.75 Å². The third kappa shape index (κ3) is 4.96. The van der Waals surface area contributed by atoms with E-state index in [0.29, 0.717) is 23.4 Å². The van der Waals surface area contributed by atoms with Crippen molar-refractivity contribution in [2.45, 2.75) is 58.6 Å². The SMILES string of the molecule is CCC1CCCCN1c1nccc(C(=O)Nc2ccc(OC(C)C)cc2)n1. The molecular formula is C21H28N4O2. The molecule has 2 heterocycles. The van der Waals surface area contributed by atoms with Crippen LogP contribution in [0.15, 0.2) is 36.5 Å². The lowest BCUT2D eigenvalue weighted by Crippen LogP contribution is -2.40. The van der Waals surface area contributed by atoms with E-state index < -0.39 is 0 Å². The molecular weight excluding hydrogens is 340 g/mol. The molecule has 1 amide bonds. The van der Waals surface area contributed by atoms with Gasteiger partial charge in [0.15, 0.2) is 0 Å². The lowest BCUT2D eigenvalue weighted by molar-refractivity contribution is 0.102. The summed E-state index contributed by atoms with van der Waals surface area (Å²) in [4.78, 5) is 23.8. The number of nitrogens with zero attached hydrogens (tertiary/aromatic N) is 3. The molecule has 1 aliphatic heterocycles. The molecule has 1 saturated heterocycles. The molecule has 3 rings (SSSR count). The van der Waals surface area contributed by atoms with E-state index in [1.54, 1.807) is 12.3 Å².